The standard InChI is InChI=1S/C21H20FN3O4/c1-27-16-10-14(11-17(12-16)28-2)21(26)25-9-3-4-18(25)20-23-19(24-29-20)13-5-7-15(22)8-6-13/h5-8,10-12,18H,3-4,9H2,1-2H3. The van der Waals surface area contributed by atoms with Crippen LogP contribution in [0.15, 0.2) is 47.0 Å². The van der Waals surface area contributed by atoms with Crippen LogP contribution in [0.5, 0.6) is 11.5 Å². The number of aromatic nitrogens is 2. The van der Waals surface area contributed by atoms with Gasteiger partial charge >= 0.3 is 0 Å². The SMILES string of the molecule is COc1cc(OC)cc(C(=O)N2CCCC2c2nc(-c3ccc(F)cc3)no2)c1. The Labute approximate surface area is 167 Å². The molecular formula is C21H20FN3O4. The van der Waals surface area contributed by atoms with Gasteiger partial charge in [0.15, 0.2) is 0 Å². The van der Waals surface area contributed by atoms with Crippen LogP contribution < -0.4 is 9.47 Å². The van der Waals surface area contributed by atoms with E-state index in [4.69, 9.17) is 14.0 Å². The lowest BCUT2D eigenvalue weighted by atomic mass is 10.1. The molecule has 7 nitrogen and oxygen atoms in total. The highest BCUT2D eigenvalue weighted by Gasteiger charge is 2.35. The zero-order chi connectivity index (χ0) is 20.4. The number of halogens is 1. The largest absolute Gasteiger partial charge is 0.497 e. The fraction of sp³-hybridized carbons (Fsp3) is 0.286. The number of benzene rings is 2. The lowest BCUT2D eigenvalue weighted by Gasteiger charge is -2.22. The number of carbonyl (C=O) groups is 1. The van der Waals surface area contributed by atoms with Gasteiger partial charge in [0.1, 0.15) is 23.4 Å². The normalized spacial score (nSPS) is 16.1. The smallest absolute Gasteiger partial charge is 0.254 e. The lowest BCUT2D eigenvalue weighted by Crippen LogP contribution is -2.30. The fourth-order valence-electron chi connectivity index (χ4n) is 3.45. The number of hydrogen-bond donors (Lipinski definition) is 0. The molecule has 3 aromatic rings. The Morgan fingerprint density at radius 3 is 2.48 bits per heavy atom. The summed E-state index contributed by atoms with van der Waals surface area (Å²) in [7, 11) is 3.08. The first kappa shape index (κ1) is 18.9. The van der Waals surface area contributed by atoms with E-state index in [0.717, 1.165) is 12.8 Å². The molecule has 1 aliphatic rings. The van der Waals surface area contributed by atoms with E-state index < -0.39 is 0 Å². The van der Waals surface area contributed by atoms with Gasteiger partial charge in [-0.25, -0.2) is 4.39 Å². The van der Waals surface area contributed by atoms with Crippen LogP contribution in [0.1, 0.15) is 35.1 Å². The summed E-state index contributed by atoms with van der Waals surface area (Å²) >= 11 is 0. The number of likely N-dealkylation sites (tertiary alicyclic amines) is 1. The highest BCUT2D eigenvalue weighted by Crippen LogP contribution is 2.34. The second-order valence-corrected chi connectivity index (χ2v) is 6.72. The average molecular weight is 397 g/mol. The Balaban J connectivity index is 1.60. The van der Waals surface area contributed by atoms with Crippen molar-refractivity contribution >= 4 is 5.91 Å². The fourth-order valence-corrected chi connectivity index (χ4v) is 3.45. The third kappa shape index (κ3) is 3.78. The first-order valence-corrected chi connectivity index (χ1v) is 9.22. The molecule has 0 spiro atoms. The summed E-state index contributed by atoms with van der Waals surface area (Å²) in [4.78, 5) is 19.3. The molecule has 1 aromatic heterocycles. The molecule has 150 valence electrons. The van der Waals surface area contributed by atoms with E-state index in [-0.39, 0.29) is 17.8 Å². The summed E-state index contributed by atoms with van der Waals surface area (Å²) in [5.41, 5.74) is 1.11. The van der Waals surface area contributed by atoms with E-state index >= 15 is 0 Å². The van der Waals surface area contributed by atoms with Crippen LogP contribution in [-0.4, -0.2) is 41.7 Å². The van der Waals surface area contributed by atoms with Crippen LogP contribution in [0.2, 0.25) is 0 Å². The highest BCUT2D eigenvalue weighted by molar-refractivity contribution is 5.95. The molecule has 1 aliphatic heterocycles. The maximum atomic E-state index is 13.2. The third-order valence-electron chi connectivity index (χ3n) is 4.94. The molecule has 4 rings (SSSR count). The predicted molar refractivity (Wildman–Crippen MR) is 102 cm³/mol. The topological polar surface area (TPSA) is 77.7 Å². The third-order valence-corrected chi connectivity index (χ3v) is 4.94. The van der Waals surface area contributed by atoms with Crippen LogP contribution in [0.3, 0.4) is 0 Å². The van der Waals surface area contributed by atoms with Gasteiger partial charge in [0.2, 0.25) is 11.7 Å². The van der Waals surface area contributed by atoms with Crippen molar-refractivity contribution < 1.29 is 23.2 Å². The number of amides is 1. The van der Waals surface area contributed by atoms with Crippen molar-refractivity contribution in [1.82, 2.24) is 15.0 Å². The van der Waals surface area contributed by atoms with Gasteiger partial charge in [0.25, 0.3) is 5.91 Å². The summed E-state index contributed by atoms with van der Waals surface area (Å²) in [6.07, 6.45) is 1.55. The van der Waals surface area contributed by atoms with Gasteiger partial charge in [-0.2, -0.15) is 4.98 Å². The molecule has 29 heavy (non-hydrogen) atoms. The average Bonchev–Trinajstić information content (AvgIpc) is 3.42. The molecule has 0 bridgehead atoms. The second kappa shape index (κ2) is 7.90. The number of carbonyl (C=O) groups excluding carboxylic acids is 1. The van der Waals surface area contributed by atoms with Gasteiger partial charge in [0.05, 0.1) is 14.2 Å². The molecule has 0 N–H and O–H groups in total. The minimum atomic E-state index is -0.334. The maximum absolute atomic E-state index is 13.2. The zero-order valence-corrected chi connectivity index (χ0v) is 16.1. The second-order valence-electron chi connectivity index (χ2n) is 6.72. The Hall–Kier alpha value is -3.42. The maximum Gasteiger partial charge on any atom is 0.254 e. The van der Waals surface area contributed by atoms with Crippen molar-refractivity contribution in [2.24, 2.45) is 0 Å². The van der Waals surface area contributed by atoms with E-state index in [1.54, 1.807) is 35.2 Å². The summed E-state index contributed by atoms with van der Waals surface area (Å²) in [5.74, 6) is 1.32. The first-order chi connectivity index (χ1) is 14.1. The van der Waals surface area contributed by atoms with Crippen LogP contribution in [0, 0.1) is 5.82 Å². The molecule has 1 atom stereocenters. The first-order valence-electron chi connectivity index (χ1n) is 9.22. The summed E-state index contributed by atoms with van der Waals surface area (Å²) < 4.78 is 29.1. The van der Waals surface area contributed by atoms with E-state index in [1.807, 2.05) is 0 Å². The van der Waals surface area contributed by atoms with Crippen molar-refractivity contribution in [2.45, 2.75) is 18.9 Å². The van der Waals surface area contributed by atoms with Gasteiger partial charge in [-0.1, -0.05) is 5.16 Å². The molecule has 2 heterocycles. The van der Waals surface area contributed by atoms with E-state index in [2.05, 4.69) is 10.1 Å². The van der Waals surface area contributed by atoms with E-state index in [9.17, 15) is 9.18 Å². The van der Waals surface area contributed by atoms with Crippen LogP contribution in [0.25, 0.3) is 11.4 Å². The van der Waals surface area contributed by atoms with Gasteiger partial charge < -0.3 is 18.9 Å². The number of nitrogens with zero attached hydrogens (tertiary/aromatic N) is 3. The van der Waals surface area contributed by atoms with Gasteiger partial charge in [-0.15, -0.1) is 0 Å². The summed E-state index contributed by atoms with van der Waals surface area (Å²) in [6.45, 7) is 0.581. The Morgan fingerprint density at radius 2 is 1.83 bits per heavy atom. The predicted octanol–water partition coefficient (Wildman–Crippen LogP) is 3.87. The van der Waals surface area contributed by atoms with Crippen molar-refractivity contribution in [3.05, 3.63) is 59.7 Å². The quantitative estimate of drug-likeness (QED) is 0.650. The Kier molecular flexibility index (Phi) is 5.16. The van der Waals surface area contributed by atoms with Gasteiger partial charge in [-0.05, 0) is 49.2 Å². The molecule has 0 aliphatic carbocycles. The summed E-state index contributed by atoms with van der Waals surface area (Å²) in [5, 5.41) is 4.00. The number of methoxy groups -OCH3 is 2. The molecule has 8 heteroatoms. The molecule has 1 fully saturated rings. The molecule has 1 amide bonds. The molecule has 2 aromatic carbocycles. The molecule has 0 radical (unpaired) electrons. The molecule has 0 saturated carbocycles. The van der Waals surface area contributed by atoms with Crippen molar-refractivity contribution in [3.8, 4) is 22.9 Å². The lowest BCUT2D eigenvalue weighted by molar-refractivity contribution is 0.0709. The van der Waals surface area contributed by atoms with Crippen molar-refractivity contribution in [1.29, 1.82) is 0 Å². The number of hydrogen-bond acceptors (Lipinski definition) is 6. The van der Waals surface area contributed by atoms with Crippen LogP contribution in [0.4, 0.5) is 4.39 Å². The Morgan fingerprint density at radius 1 is 1.14 bits per heavy atom. The number of ether oxygens (including phenoxy) is 2. The van der Waals surface area contributed by atoms with E-state index in [0.29, 0.717) is 40.9 Å². The van der Waals surface area contributed by atoms with E-state index in [1.165, 1.54) is 26.4 Å². The molecule has 1 unspecified atom stereocenters. The van der Waals surface area contributed by atoms with Crippen LogP contribution in [-0.2, 0) is 0 Å². The molecular weight excluding hydrogens is 377 g/mol. The minimum absolute atomic E-state index is 0.161. The number of rotatable bonds is 5. The zero-order valence-electron chi connectivity index (χ0n) is 16.1. The molecule has 1 saturated heterocycles. The minimum Gasteiger partial charge on any atom is -0.497 e. The highest BCUT2D eigenvalue weighted by atomic mass is 19.1. The Bertz CT molecular complexity index is 997. The van der Waals surface area contributed by atoms with Gasteiger partial charge in [0, 0.05) is 23.7 Å². The van der Waals surface area contributed by atoms with Crippen molar-refractivity contribution in [2.75, 3.05) is 20.8 Å². The van der Waals surface area contributed by atoms with Gasteiger partial charge in [-0.3, -0.25) is 4.79 Å². The summed E-state index contributed by atoms with van der Waals surface area (Å²) in [6, 6.07) is 10.6. The van der Waals surface area contributed by atoms with Crippen LogP contribution >= 0.6 is 0 Å². The van der Waals surface area contributed by atoms with Crippen molar-refractivity contribution in [3.63, 3.8) is 0 Å². The monoisotopic (exact) mass is 397 g/mol.